The standard InChI is InChI=1S/C15H14F3NS/c1-10(11-5-4-6-12(16)9-11)19-13-7-2-3-8-14(13)20-15(17)18/h2-10,15,19H,1H3. The Kier molecular flexibility index (Phi) is 4.95. The van der Waals surface area contributed by atoms with Gasteiger partial charge in [-0.25, -0.2) is 4.39 Å². The van der Waals surface area contributed by atoms with Gasteiger partial charge in [0, 0.05) is 16.6 Å². The monoisotopic (exact) mass is 297 g/mol. The predicted molar refractivity (Wildman–Crippen MR) is 76.7 cm³/mol. The van der Waals surface area contributed by atoms with Crippen LogP contribution in [0.5, 0.6) is 0 Å². The molecule has 0 saturated heterocycles. The summed E-state index contributed by atoms with van der Waals surface area (Å²) in [4.78, 5) is 0.478. The molecule has 0 radical (unpaired) electrons. The molecule has 0 fully saturated rings. The summed E-state index contributed by atoms with van der Waals surface area (Å²) >= 11 is 0.495. The fraction of sp³-hybridized carbons (Fsp3) is 0.200. The minimum Gasteiger partial charge on any atom is -0.378 e. The van der Waals surface area contributed by atoms with Gasteiger partial charge in [-0.05, 0) is 36.8 Å². The number of rotatable bonds is 5. The van der Waals surface area contributed by atoms with Crippen molar-refractivity contribution in [1.29, 1.82) is 0 Å². The normalized spacial score (nSPS) is 12.4. The van der Waals surface area contributed by atoms with E-state index in [-0.39, 0.29) is 11.9 Å². The summed E-state index contributed by atoms with van der Waals surface area (Å²) in [5.74, 6) is -2.78. The van der Waals surface area contributed by atoms with Gasteiger partial charge in [0.15, 0.2) is 0 Å². The number of hydrogen-bond acceptors (Lipinski definition) is 2. The second-order valence-corrected chi connectivity index (χ2v) is 5.33. The van der Waals surface area contributed by atoms with Crippen LogP contribution in [0.15, 0.2) is 53.4 Å². The van der Waals surface area contributed by atoms with Gasteiger partial charge in [0.25, 0.3) is 5.76 Å². The summed E-state index contributed by atoms with van der Waals surface area (Å²) in [6.45, 7) is 1.86. The number of benzene rings is 2. The molecule has 0 spiro atoms. The Morgan fingerprint density at radius 3 is 2.50 bits per heavy atom. The maximum Gasteiger partial charge on any atom is 0.288 e. The second kappa shape index (κ2) is 6.70. The predicted octanol–water partition coefficient (Wildman–Crippen LogP) is 5.31. The molecule has 0 aliphatic heterocycles. The molecule has 20 heavy (non-hydrogen) atoms. The molecule has 1 N–H and O–H groups in total. The van der Waals surface area contributed by atoms with Crippen molar-refractivity contribution in [1.82, 2.24) is 0 Å². The van der Waals surface area contributed by atoms with Crippen molar-refractivity contribution in [2.75, 3.05) is 5.32 Å². The fourth-order valence-electron chi connectivity index (χ4n) is 1.88. The average Bonchev–Trinajstić information content (AvgIpc) is 2.40. The lowest BCUT2D eigenvalue weighted by molar-refractivity contribution is 0.252. The molecule has 1 nitrogen and oxygen atoms in total. The molecule has 2 rings (SSSR count). The third-order valence-corrected chi connectivity index (χ3v) is 3.61. The fourth-order valence-corrected chi connectivity index (χ4v) is 2.48. The quantitative estimate of drug-likeness (QED) is 0.750. The van der Waals surface area contributed by atoms with Crippen LogP contribution in [-0.4, -0.2) is 5.76 Å². The first kappa shape index (κ1) is 14.8. The van der Waals surface area contributed by atoms with E-state index in [1.807, 2.05) is 6.92 Å². The van der Waals surface area contributed by atoms with Crippen LogP contribution in [0.3, 0.4) is 0 Å². The molecule has 1 unspecified atom stereocenters. The van der Waals surface area contributed by atoms with Gasteiger partial charge in [-0.15, -0.1) is 0 Å². The Morgan fingerprint density at radius 2 is 1.80 bits per heavy atom. The van der Waals surface area contributed by atoms with Crippen LogP contribution < -0.4 is 5.32 Å². The van der Waals surface area contributed by atoms with Crippen molar-refractivity contribution in [3.63, 3.8) is 0 Å². The molecule has 0 aliphatic rings. The van der Waals surface area contributed by atoms with Gasteiger partial charge in [0.05, 0.1) is 0 Å². The summed E-state index contributed by atoms with van der Waals surface area (Å²) < 4.78 is 38.2. The van der Waals surface area contributed by atoms with E-state index >= 15 is 0 Å². The minimum absolute atomic E-state index is 0.176. The van der Waals surface area contributed by atoms with E-state index in [4.69, 9.17) is 0 Å². The van der Waals surface area contributed by atoms with E-state index in [2.05, 4.69) is 5.32 Å². The first-order chi connectivity index (χ1) is 9.56. The number of halogens is 3. The lowest BCUT2D eigenvalue weighted by Crippen LogP contribution is -2.07. The van der Waals surface area contributed by atoms with Crippen LogP contribution in [0, 0.1) is 5.82 Å². The third kappa shape index (κ3) is 3.93. The highest BCUT2D eigenvalue weighted by molar-refractivity contribution is 7.99. The SMILES string of the molecule is CC(Nc1ccccc1SC(F)F)c1cccc(F)c1. The highest BCUT2D eigenvalue weighted by Crippen LogP contribution is 2.33. The van der Waals surface area contributed by atoms with Crippen LogP contribution in [0.2, 0.25) is 0 Å². The van der Waals surface area contributed by atoms with Crippen LogP contribution in [0.4, 0.5) is 18.9 Å². The number of anilines is 1. The highest BCUT2D eigenvalue weighted by Gasteiger charge is 2.12. The molecule has 0 aromatic heterocycles. The molecule has 2 aromatic rings. The molecular weight excluding hydrogens is 283 g/mol. The highest BCUT2D eigenvalue weighted by atomic mass is 32.2. The number of thioether (sulfide) groups is 1. The molecule has 0 bridgehead atoms. The maximum atomic E-state index is 13.2. The van der Waals surface area contributed by atoms with Crippen LogP contribution in [-0.2, 0) is 0 Å². The van der Waals surface area contributed by atoms with E-state index in [0.29, 0.717) is 22.3 Å². The molecule has 0 aliphatic carbocycles. The Balaban J connectivity index is 2.17. The van der Waals surface area contributed by atoms with E-state index < -0.39 is 5.76 Å². The van der Waals surface area contributed by atoms with Crippen LogP contribution in [0.1, 0.15) is 18.5 Å². The lowest BCUT2D eigenvalue weighted by atomic mass is 10.1. The van der Waals surface area contributed by atoms with Crippen molar-refractivity contribution in [2.45, 2.75) is 23.6 Å². The van der Waals surface area contributed by atoms with E-state index in [1.165, 1.54) is 12.1 Å². The number of nitrogens with one attached hydrogen (secondary N) is 1. The summed E-state index contributed by atoms with van der Waals surface area (Å²) in [6, 6.07) is 12.9. The third-order valence-electron chi connectivity index (χ3n) is 2.82. The van der Waals surface area contributed by atoms with E-state index in [1.54, 1.807) is 36.4 Å². The summed E-state index contributed by atoms with van der Waals surface area (Å²) in [7, 11) is 0. The molecule has 0 amide bonds. The maximum absolute atomic E-state index is 13.2. The zero-order valence-electron chi connectivity index (χ0n) is 10.8. The van der Waals surface area contributed by atoms with E-state index in [9.17, 15) is 13.2 Å². The smallest absolute Gasteiger partial charge is 0.288 e. The number of alkyl halides is 2. The molecule has 2 aromatic carbocycles. The van der Waals surface area contributed by atoms with Gasteiger partial charge in [-0.2, -0.15) is 8.78 Å². The lowest BCUT2D eigenvalue weighted by Gasteiger charge is -2.18. The average molecular weight is 297 g/mol. The Bertz CT molecular complexity index is 575. The summed E-state index contributed by atoms with van der Waals surface area (Å²) in [5, 5.41) is 3.14. The number of hydrogen-bond donors (Lipinski definition) is 1. The van der Waals surface area contributed by atoms with Crippen molar-refractivity contribution >= 4 is 17.4 Å². The van der Waals surface area contributed by atoms with Crippen molar-refractivity contribution in [2.24, 2.45) is 0 Å². The Labute approximate surface area is 120 Å². The van der Waals surface area contributed by atoms with Gasteiger partial charge < -0.3 is 5.32 Å². The van der Waals surface area contributed by atoms with Gasteiger partial charge in [-0.3, -0.25) is 0 Å². The summed E-state index contributed by atoms with van der Waals surface area (Å²) in [6.07, 6.45) is 0. The zero-order valence-corrected chi connectivity index (χ0v) is 11.6. The molecule has 0 saturated carbocycles. The molecule has 1 atom stereocenters. The van der Waals surface area contributed by atoms with Gasteiger partial charge >= 0.3 is 0 Å². The van der Waals surface area contributed by atoms with Crippen LogP contribution in [0.25, 0.3) is 0 Å². The second-order valence-electron chi connectivity index (χ2n) is 4.30. The Morgan fingerprint density at radius 1 is 1.05 bits per heavy atom. The minimum atomic E-state index is -2.47. The topological polar surface area (TPSA) is 12.0 Å². The molecule has 106 valence electrons. The van der Waals surface area contributed by atoms with Gasteiger partial charge in [-0.1, -0.05) is 36.0 Å². The molecule has 0 heterocycles. The first-order valence-corrected chi connectivity index (χ1v) is 7.00. The van der Waals surface area contributed by atoms with Gasteiger partial charge in [0.1, 0.15) is 5.82 Å². The van der Waals surface area contributed by atoms with Gasteiger partial charge in [0.2, 0.25) is 0 Å². The molecular formula is C15H14F3NS. The molecule has 5 heteroatoms. The van der Waals surface area contributed by atoms with E-state index in [0.717, 1.165) is 5.56 Å². The first-order valence-electron chi connectivity index (χ1n) is 6.12. The Hall–Kier alpha value is -1.62. The number of para-hydroxylation sites is 1. The van der Waals surface area contributed by atoms with Crippen molar-refractivity contribution < 1.29 is 13.2 Å². The largest absolute Gasteiger partial charge is 0.378 e. The van der Waals surface area contributed by atoms with Crippen molar-refractivity contribution in [3.05, 3.63) is 59.9 Å². The van der Waals surface area contributed by atoms with Crippen molar-refractivity contribution in [3.8, 4) is 0 Å². The van der Waals surface area contributed by atoms with Crippen LogP contribution >= 0.6 is 11.8 Å². The zero-order chi connectivity index (χ0) is 14.5. The summed E-state index contributed by atoms with van der Waals surface area (Å²) in [5.41, 5.74) is 1.39.